The van der Waals surface area contributed by atoms with Crippen LogP contribution in [0.15, 0.2) is 53.5 Å². The number of aliphatic carboxylic acids is 1. The van der Waals surface area contributed by atoms with E-state index in [-0.39, 0.29) is 5.75 Å². The molecule has 0 aromatic heterocycles. The van der Waals surface area contributed by atoms with Crippen molar-refractivity contribution >= 4 is 17.9 Å². The van der Waals surface area contributed by atoms with E-state index in [1.165, 1.54) is 6.92 Å². The number of rotatable bonds is 5. The van der Waals surface area contributed by atoms with Gasteiger partial charge in [-0.1, -0.05) is 12.1 Å². The first-order chi connectivity index (χ1) is 10.1. The fraction of sp³-hybridized carbons (Fsp3) is 0.125. The van der Waals surface area contributed by atoms with Crippen molar-refractivity contribution in [3.05, 3.63) is 54.1 Å². The monoisotopic (exact) mass is 285 g/mol. The SMILES string of the molecule is C[C@@H](Oc1ccc(C=Nc2ccccc2O)cc1)C(=O)O. The van der Waals surface area contributed by atoms with Gasteiger partial charge in [0.1, 0.15) is 17.2 Å². The standard InChI is InChI=1S/C16H15NO4/c1-11(16(19)20)21-13-8-6-12(7-9-13)10-17-14-4-2-3-5-15(14)18/h2-11,18H,1H3,(H,19,20)/t11-/m1/s1. The lowest BCUT2D eigenvalue weighted by Crippen LogP contribution is -2.22. The van der Waals surface area contributed by atoms with Gasteiger partial charge in [0.25, 0.3) is 0 Å². The number of carboxylic acids is 1. The maximum Gasteiger partial charge on any atom is 0.344 e. The van der Waals surface area contributed by atoms with E-state index in [1.807, 2.05) is 0 Å². The van der Waals surface area contributed by atoms with Crippen LogP contribution in [0.3, 0.4) is 0 Å². The Labute approximate surface area is 122 Å². The predicted molar refractivity (Wildman–Crippen MR) is 79.5 cm³/mol. The van der Waals surface area contributed by atoms with E-state index in [4.69, 9.17) is 9.84 Å². The molecule has 0 aliphatic carbocycles. The number of nitrogens with zero attached hydrogens (tertiary/aromatic N) is 1. The molecule has 1 atom stereocenters. The number of aliphatic imine (C=N–C) groups is 1. The predicted octanol–water partition coefficient (Wildman–Crippen LogP) is 2.99. The fourth-order valence-electron chi connectivity index (χ4n) is 1.60. The summed E-state index contributed by atoms with van der Waals surface area (Å²) in [4.78, 5) is 14.9. The molecular weight excluding hydrogens is 270 g/mol. The normalized spacial score (nSPS) is 12.2. The van der Waals surface area contributed by atoms with Crippen molar-refractivity contribution in [1.82, 2.24) is 0 Å². The Hall–Kier alpha value is -2.82. The molecule has 5 nitrogen and oxygen atoms in total. The molecule has 0 saturated heterocycles. The van der Waals surface area contributed by atoms with Gasteiger partial charge in [-0.15, -0.1) is 0 Å². The molecule has 2 aromatic rings. The van der Waals surface area contributed by atoms with Crippen LogP contribution in [0.2, 0.25) is 0 Å². The van der Waals surface area contributed by atoms with E-state index in [9.17, 15) is 9.90 Å². The molecule has 0 aliphatic rings. The minimum Gasteiger partial charge on any atom is -0.506 e. The third-order valence-electron chi connectivity index (χ3n) is 2.78. The number of ether oxygens (including phenoxy) is 1. The van der Waals surface area contributed by atoms with Gasteiger partial charge in [-0.05, 0) is 48.9 Å². The van der Waals surface area contributed by atoms with Crippen LogP contribution >= 0.6 is 0 Å². The highest BCUT2D eigenvalue weighted by Crippen LogP contribution is 2.24. The summed E-state index contributed by atoms with van der Waals surface area (Å²) in [7, 11) is 0. The lowest BCUT2D eigenvalue weighted by molar-refractivity contribution is -0.144. The van der Waals surface area contributed by atoms with Crippen LogP contribution in [0.4, 0.5) is 5.69 Å². The number of phenols is 1. The Morgan fingerprint density at radius 3 is 2.48 bits per heavy atom. The first kappa shape index (κ1) is 14.6. The molecule has 0 fully saturated rings. The van der Waals surface area contributed by atoms with Gasteiger partial charge in [0.2, 0.25) is 0 Å². The Bertz CT molecular complexity index is 650. The molecule has 0 bridgehead atoms. The largest absolute Gasteiger partial charge is 0.506 e. The van der Waals surface area contributed by atoms with Crippen molar-refractivity contribution in [3.8, 4) is 11.5 Å². The molecule has 2 N–H and O–H groups in total. The first-order valence-corrected chi connectivity index (χ1v) is 6.38. The molecule has 2 aromatic carbocycles. The van der Waals surface area contributed by atoms with Gasteiger partial charge in [-0.3, -0.25) is 4.99 Å². The smallest absolute Gasteiger partial charge is 0.344 e. The maximum atomic E-state index is 10.7. The molecule has 0 radical (unpaired) electrons. The number of para-hydroxylation sites is 2. The molecule has 0 heterocycles. The van der Waals surface area contributed by atoms with Gasteiger partial charge < -0.3 is 14.9 Å². The van der Waals surface area contributed by atoms with Crippen molar-refractivity contribution < 1.29 is 19.7 Å². The number of hydrogen-bond acceptors (Lipinski definition) is 4. The summed E-state index contributed by atoms with van der Waals surface area (Å²) in [6.45, 7) is 1.47. The van der Waals surface area contributed by atoms with Gasteiger partial charge in [0.15, 0.2) is 6.10 Å². The number of carboxylic acid groups (broad SMARTS) is 1. The van der Waals surface area contributed by atoms with Crippen LogP contribution in [0, 0.1) is 0 Å². The summed E-state index contributed by atoms with van der Waals surface area (Å²) < 4.78 is 5.23. The molecule has 21 heavy (non-hydrogen) atoms. The lowest BCUT2D eigenvalue weighted by Gasteiger charge is -2.09. The second-order valence-corrected chi connectivity index (χ2v) is 4.41. The summed E-state index contributed by atoms with van der Waals surface area (Å²) in [6, 6.07) is 13.6. The average Bonchev–Trinajstić information content (AvgIpc) is 2.48. The molecule has 0 spiro atoms. The van der Waals surface area contributed by atoms with E-state index < -0.39 is 12.1 Å². The summed E-state index contributed by atoms with van der Waals surface area (Å²) in [5.41, 5.74) is 1.30. The second kappa shape index (κ2) is 6.56. The van der Waals surface area contributed by atoms with Crippen LogP contribution in [0.25, 0.3) is 0 Å². The maximum absolute atomic E-state index is 10.7. The molecule has 0 saturated carbocycles. The Morgan fingerprint density at radius 2 is 1.86 bits per heavy atom. The van der Waals surface area contributed by atoms with Crippen molar-refractivity contribution in [2.45, 2.75) is 13.0 Å². The fourth-order valence-corrected chi connectivity index (χ4v) is 1.60. The van der Waals surface area contributed by atoms with Gasteiger partial charge in [0, 0.05) is 6.21 Å². The molecular formula is C16H15NO4. The number of aromatic hydroxyl groups is 1. The lowest BCUT2D eigenvalue weighted by atomic mass is 10.2. The van der Waals surface area contributed by atoms with Gasteiger partial charge in [-0.2, -0.15) is 0 Å². The number of benzene rings is 2. The van der Waals surface area contributed by atoms with Crippen LogP contribution in [0.5, 0.6) is 11.5 Å². The van der Waals surface area contributed by atoms with Crippen LogP contribution in [-0.2, 0) is 4.79 Å². The molecule has 5 heteroatoms. The molecule has 0 amide bonds. The minimum absolute atomic E-state index is 0.115. The minimum atomic E-state index is -1.01. The highest BCUT2D eigenvalue weighted by Gasteiger charge is 2.11. The molecule has 0 aliphatic heterocycles. The van der Waals surface area contributed by atoms with Crippen molar-refractivity contribution in [2.24, 2.45) is 4.99 Å². The zero-order valence-corrected chi connectivity index (χ0v) is 11.4. The van der Waals surface area contributed by atoms with E-state index in [2.05, 4.69) is 4.99 Å². The highest BCUT2D eigenvalue weighted by molar-refractivity contribution is 5.82. The third kappa shape index (κ3) is 4.07. The van der Waals surface area contributed by atoms with Gasteiger partial charge in [-0.25, -0.2) is 4.79 Å². The average molecular weight is 285 g/mol. The summed E-state index contributed by atoms with van der Waals surface area (Å²) in [6.07, 6.45) is 0.713. The molecule has 108 valence electrons. The van der Waals surface area contributed by atoms with Gasteiger partial charge >= 0.3 is 5.97 Å². The van der Waals surface area contributed by atoms with E-state index in [1.54, 1.807) is 54.7 Å². The molecule has 0 unspecified atom stereocenters. The van der Waals surface area contributed by atoms with Crippen LogP contribution in [0.1, 0.15) is 12.5 Å². The Balaban J connectivity index is 2.06. The third-order valence-corrected chi connectivity index (χ3v) is 2.78. The Kier molecular flexibility index (Phi) is 4.56. The van der Waals surface area contributed by atoms with Crippen LogP contribution in [-0.4, -0.2) is 28.5 Å². The number of phenolic OH excluding ortho intramolecular Hbond substituents is 1. The van der Waals surface area contributed by atoms with Crippen LogP contribution < -0.4 is 4.74 Å². The van der Waals surface area contributed by atoms with E-state index in [0.717, 1.165) is 5.56 Å². The van der Waals surface area contributed by atoms with Crippen molar-refractivity contribution in [2.75, 3.05) is 0 Å². The van der Waals surface area contributed by atoms with Crippen molar-refractivity contribution in [3.63, 3.8) is 0 Å². The van der Waals surface area contributed by atoms with Crippen molar-refractivity contribution in [1.29, 1.82) is 0 Å². The Morgan fingerprint density at radius 1 is 1.19 bits per heavy atom. The summed E-state index contributed by atoms with van der Waals surface area (Å²) in [5.74, 6) is -0.422. The number of carbonyl (C=O) groups is 1. The van der Waals surface area contributed by atoms with Gasteiger partial charge in [0.05, 0.1) is 0 Å². The highest BCUT2D eigenvalue weighted by atomic mass is 16.5. The first-order valence-electron chi connectivity index (χ1n) is 6.38. The quantitative estimate of drug-likeness (QED) is 0.828. The zero-order valence-electron chi connectivity index (χ0n) is 11.4. The zero-order chi connectivity index (χ0) is 15.2. The topological polar surface area (TPSA) is 79.1 Å². The number of hydrogen-bond donors (Lipinski definition) is 2. The molecule has 2 rings (SSSR count). The second-order valence-electron chi connectivity index (χ2n) is 4.41. The van der Waals surface area contributed by atoms with E-state index >= 15 is 0 Å². The van der Waals surface area contributed by atoms with E-state index in [0.29, 0.717) is 11.4 Å². The summed E-state index contributed by atoms with van der Waals surface area (Å²) >= 11 is 0. The summed E-state index contributed by atoms with van der Waals surface area (Å²) in [5, 5.41) is 18.4.